The van der Waals surface area contributed by atoms with Crippen molar-refractivity contribution in [3.05, 3.63) is 28.2 Å². The second-order valence-corrected chi connectivity index (χ2v) is 4.50. The predicted molar refractivity (Wildman–Crippen MR) is 60.3 cm³/mol. The normalized spacial score (nSPS) is 10.0. The van der Waals surface area contributed by atoms with Crippen LogP contribution in [-0.2, 0) is 11.2 Å². The molecule has 1 aromatic carbocycles. The maximum atomic E-state index is 10.2. The van der Waals surface area contributed by atoms with Crippen LogP contribution in [0.1, 0.15) is 12.0 Å². The molecule has 1 rings (SSSR count). The monoisotopic (exact) mass is 258 g/mol. The first-order chi connectivity index (χ1) is 6.26. The zero-order chi connectivity index (χ0) is 9.68. The number of aryl methyl sites for hydroxylation is 1. The Kier molecular flexibility index (Phi) is 4.53. The molecule has 0 atom stereocenters. The lowest BCUT2D eigenvalue weighted by atomic mass is 10.1. The van der Waals surface area contributed by atoms with E-state index in [-0.39, 0.29) is 0 Å². The van der Waals surface area contributed by atoms with E-state index < -0.39 is 0 Å². The van der Waals surface area contributed by atoms with E-state index >= 15 is 0 Å². The molecule has 0 unspecified atom stereocenters. The van der Waals surface area contributed by atoms with Crippen molar-refractivity contribution >= 4 is 34.0 Å². The van der Waals surface area contributed by atoms with E-state index in [1.54, 1.807) is 11.8 Å². The van der Waals surface area contributed by atoms with Gasteiger partial charge in [0, 0.05) is 15.8 Å². The summed E-state index contributed by atoms with van der Waals surface area (Å²) in [7, 11) is 0. The van der Waals surface area contributed by atoms with Gasteiger partial charge in [-0.2, -0.15) is 0 Å². The van der Waals surface area contributed by atoms with Crippen LogP contribution in [0.2, 0.25) is 0 Å². The van der Waals surface area contributed by atoms with Gasteiger partial charge in [-0.3, -0.25) is 0 Å². The first kappa shape index (κ1) is 10.8. The van der Waals surface area contributed by atoms with Gasteiger partial charge in [-0.1, -0.05) is 15.9 Å². The Labute approximate surface area is 91.0 Å². The minimum Gasteiger partial charge on any atom is -0.303 e. The fourth-order valence-electron chi connectivity index (χ4n) is 1.11. The number of halogens is 1. The van der Waals surface area contributed by atoms with Crippen LogP contribution in [0.15, 0.2) is 27.6 Å². The second-order valence-electron chi connectivity index (χ2n) is 2.70. The van der Waals surface area contributed by atoms with Crippen LogP contribution in [0.3, 0.4) is 0 Å². The fourth-order valence-corrected chi connectivity index (χ4v) is 2.31. The van der Waals surface area contributed by atoms with Crippen LogP contribution >= 0.6 is 27.7 Å². The van der Waals surface area contributed by atoms with E-state index in [9.17, 15) is 4.79 Å². The molecule has 0 heterocycles. The van der Waals surface area contributed by atoms with Gasteiger partial charge in [0.25, 0.3) is 0 Å². The average Bonchev–Trinajstić information content (AvgIpc) is 2.14. The molecule has 0 saturated carbocycles. The van der Waals surface area contributed by atoms with Crippen LogP contribution in [-0.4, -0.2) is 12.5 Å². The van der Waals surface area contributed by atoms with Gasteiger partial charge in [0.05, 0.1) is 0 Å². The van der Waals surface area contributed by atoms with Crippen LogP contribution in [0.25, 0.3) is 0 Å². The number of hydrogen-bond acceptors (Lipinski definition) is 2. The van der Waals surface area contributed by atoms with Crippen molar-refractivity contribution in [3.63, 3.8) is 0 Å². The lowest BCUT2D eigenvalue weighted by Gasteiger charge is -2.02. The molecule has 0 N–H and O–H groups in total. The third-order valence-electron chi connectivity index (χ3n) is 1.72. The van der Waals surface area contributed by atoms with Crippen molar-refractivity contribution in [2.24, 2.45) is 0 Å². The van der Waals surface area contributed by atoms with Crippen LogP contribution < -0.4 is 0 Å². The quantitative estimate of drug-likeness (QED) is 0.609. The number of carbonyl (C=O) groups excluding carboxylic acids is 1. The Balaban J connectivity index is 2.81. The first-order valence-electron chi connectivity index (χ1n) is 4.03. The molecule has 0 aromatic heterocycles. The number of carbonyl (C=O) groups is 1. The first-order valence-corrected chi connectivity index (χ1v) is 6.05. The molecule has 1 nitrogen and oxygen atoms in total. The van der Waals surface area contributed by atoms with Gasteiger partial charge in [0.1, 0.15) is 6.29 Å². The van der Waals surface area contributed by atoms with Crippen LogP contribution in [0, 0.1) is 0 Å². The molecule has 0 aliphatic rings. The number of aldehydes is 1. The van der Waals surface area contributed by atoms with E-state index in [0.29, 0.717) is 6.42 Å². The highest BCUT2D eigenvalue weighted by molar-refractivity contribution is 9.10. The summed E-state index contributed by atoms with van der Waals surface area (Å²) in [5.74, 6) is 0. The Morgan fingerprint density at radius 2 is 2.23 bits per heavy atom. The summed E-state index contributed by atoms with van der Waals surface area (Å²) in [6.07, 6.45) is 4.44. The molecule has 13 heavy (non-hydrogen) atoms. The van der Waals surface area contributed by atoms with Crippen molar-refractivity contribution < 1.29 is 4.79 Å². The summed E-state index contributed by atoms with van der Waals surface area (Å²) in [6.45, 7) is 0. The maximum absolute atomic E-state index is 10.2. The van der Waals surface area contributed by atoms with Gasteiger partial charge < -0.3 is 4.79 Å². The van der Waals surface area contributed by atoms with Crippen molar-refractivity contribution in [1.29, 1.82) is 0 Å². The van der Waals surface area contributed by atoms with Crippen molar-refractivity contribution in [2.75, 3.05) is 6.26 Å². The number of thioether (sulfide) groups is 1. The standard InChI is InChI=1S/C10H11BrOS/c1-13-10-6-8(3-2-4-12)5-9(11)7-10/h4-7H,2-3H2,1H3. The molecular formula is C10H11BrOS. The zero-order valence-corrected chi connectivity index (χ0v) is 9.82. The predicted octanol–water partition coefficient (Wildman–Crippen LogP) is 3.30. The smallest absolute Gasteiger partial charge is 0.120 e. The molecule has 0 saturated heterocycles. The molecule has 0 fully saturated rings. The van der Waals surface area contributed by atoms with E-state index in [4.69, 9.17) is 0 Å². The van der Waals surface area contributed by atoms with Crippen LogP contribution in [0.5, 0.6) is 0 Å². The molecule has 0 spiro atoms. The highest BCUT2D eigenvalue weighted by atomic mass is 79.9. The molecule has 0 aliphatic heterocycles. The summed E-state index contributed by atoms with van der Waals surface area (Å²) in [4.78, 5) is 11.4. The summed E-state index contributed by atoms with van der Waals surface area (Å²) in [5, 5.41) is 0. The largest absolute Gasteiger partial charge is 0.303 e. The van der Waals surface area contributed by atoms with Gasteiger partial charge >= 0.3 is 0 Å². The van der Waals surface area contributed by atoms with E-state index in [1.165, 1.54) is 10.5 Å². The van der Waals surface area contributed by atoms with Crippen molar-refractivity contribution in [2.45, 2.75) is 17.7 Å². The highest BCUT2D eigenvalue weighted by Crippen LogP contribution is 2.22. The number of hydrogen-bond donors (Lipinski definition) is 0. The molecular weight excluding hydrogens is 248 g/mol. The van der Waals surface area contributed by atoms with Gasteiger partial charge in [0.2, 0.25) is 0 Å². The molecule has 70 valence electrons. The zero-order valence-electron chi connectivity index (χ0n) is 7.42. The Hall–Kier alpha value is -0.280. The van der Waals surface area contributed by atoms with E-state index in [0.717, 1.165) is 17.2 Å². The summed E-state index contributed by atoms with van der Waals surface area (Å²) in [6, 6.07) is 6.26. The van der Waals surface area contributed by atoms with Gasteiger partial charge in [-0.25, -0.2) is 0 Å². The molecule has 0 aliphatic carbocycles. The van der Waals surface area contributed by atoms with Crippen molar-refractivity contribution in [1.82, 2.24) is 0 Å². The fraction of sp³-hybridized carbons (Fsp3) is 0.300. The summed E-state index contributed by atoms with van der Waals surface area (Å²) in [5.41, 5.74) is 1.21. The highest BCUT2D eigenvalue weighted by Gasteiger charge is 1.98. The SMILES string of the molecule is CSc1cc(Br)cc(CCC=O)c1. The minimum absolute atomic E-state index is 0.601. The lowest BCUT2D eigenvalue weighted by Crippen LogP contribution is -1.86. The third-order valence-corrected chi connectivity index (χ3v) is 2.88. The van der Waals surface area contributed by atoms with E-state index in [1.807, 2.05) is 6.26 Å². The molecule has 0 radical (unpaired) electrons. The topological polar surface area (TPSA) is 17.1 Å². The van der Waals surface area contributed by atoms with E-state index in [2.05, 4.69) is 34.1 Å². The number of rotatable bonds is 4. The summed E-state index contributed by atoms with van der Waals surface area (Å²) >= 11 is 5.16. The third kappa shape index (κ3) is 3.53. The summed E-state index contributed by atoms with van der Waals surface area (Å²) < 4.78 is 1.08. The minimum atomic E-state index is 0.601. The lowest BCUT2D eigenvalue weighted by molar-refractivity contribution is -0.107. The number of benzene rings is 1. The Bertz CT molecular complexity index is 299. The molecule has 1 aromatic rings. The Morgan fingerprint density at radius 3 is 2.85 bits per heavy atom. The maximum Gasteiger partial charge on any atom is 0.120 e. The molecule has 0 amide bonds. The van der Waals surface area contributed by atoms with Gasteiger partial charge in [-0.15, -0.1) is 11.8 Å². The molecule has 3 heteroatoms. The second kappa shape index (κ2) is 5.45. The average molecular weight is 259 g/mol. The van der Waals surface area contributed by atoms with Gasteiger partial charge in [-0.05, 0) is 36.4 Å². The van der Waals surface area contributed by atoms with Crippen molar-refractivity contribution in [3.8, 4) is 0 Å². The molecule has 0 bridgehead atoms. The Morgan fingerprint density at radius 1 is 1.46 bits per heavy atom. The van der Waals surface area contributed by atoms with Crippen LogP contribution in [0.4, 0.5) is 0 Å². The van der Waals surface area contributed by atoms with Gasteiger partial charge in [0.15, 0.2) is 0 Å².